The van der Waals surface area contributed by atoms with E-state index in [4.69, 9.17) is 9.47 Å². The monoisotopic (exact) mass is 246 g/mol. The minimum atomic E-state index is -0.382. The van der Waals surface area contributed by atoms with Crippen molar-refractivity contribution in [2.75, 3.05) is 14.2 Å². The number of methoxy groups -OCH3 is 2. The van der Waals surface area contributed by atoms with E-state index in [1.54, 1.807) is 36.3 Å². The Bertz CT molecular complexity index is 534. The van der Waals surface area contributed by atoms with Gasteiger partial charge in [0.1, 0.15) is 11.4 Å². The van der Waals surface area contributed by atoms with Crippen molar-refractivity contribution in [1.29, 1.82) is 0 Å². The summed E-state index contributed by atoms with van der Waals surface area (Å²) >= 11 is 0. The second-order valence-corrected chi connectivity index (χ2v) is 3.74. The fourth-order valence-corrected chi connectivity index (χ4v) is 1.69. The zero-order chi connectivity index (χ0) is 13.0. The number of rotatable bonds is 4. The summed E-state index contributed by atoms with van der Waals surface area (Å²) < 4.78 is 11.7. The molecule has 0 fully saturated rings. The molecule has 2 rings (SSSR count). The van der Waals surface area contributed by atoms with Crippen molar-refractivity contribution in [3.8, 4) is 5.75 Å². The van der Waals surface area contributed by atoms with E-state index in [9.17, 15) is 4.79 Å². The highest BCUT2D eigenvalue weighted by Crippen LogP contribution is 2.18. The van der Waals surface area contributed by atoms with Gasteiger partial charge >= 0.3 is 5.97 Å². The summed E-state index contributed by atoms with van der Waals surface area (Å²) in [6.07, 6.45) is 5.20. The molecule has 0 saturated heterocycles. The predicted molar refractivity (Wildman–Crippen MR) is 65.7 cm³/mol. The maximum Gasteiger partial charge on any atom is 0.354 e. The summed E-state index contributed by atoms with van der Waals surface area (Å²) in [5.74, 6) is 0.247. The lowest BCUT2D eigenvalue weighted by Crippen LogP contribution is -2.10. The number of pyridine rings is 1. The van der Waals surface area contributed by atoms with E-state index in [2.05, 4.69) is 4.98 Å². The molecule has 0 amide bonds. The van der Waals surface area contributed by atoms with Gasteiger partial charge in [-0.3, -0.25) is 4.98 Å². The second-order valence-electron chi connectivity index (χ2n) is 3.74. The van der Waals surface area contributed by atoms with Crippen LogP contribution >= 0.6 is 0 Å². The Balaban J connectivity index is 2.31. The normalized spacial score (nSPS) is 10.1. The standard InChI is InChI=1S/C13H14N2O3/c1-17-11-7-12(13(16)18-2)15(9-11)8-10-3-5-14-6-4-10/h3-7,9H,8H2,1-2H3. The SMILES string of the molecule is COC(=O)c1cc(OC)cn1Cc1ccncc1. The first kappa shape index (κ1) is 12.2. The topological polar surface area (TPSA) is 53.4 Å². The van der Waals surface area contributed by atoms with Crippen LogP contribution in [0.3, 0.4) is 0 Å². The van der Waals surface area contributed by atoms with Crippen molar-refractivity contribution in [3.05, 3.63) is 48.0 Å². The van der Waals surface area contributed by atoms with E-state index < -0.39 is 0 Å². The summed E-state index contributed by atoms with van der Waals surface area (Å²) in [5.41, 5.74) is 1.51. The number of ether oxygens (including phenoxy) is 2. The molecular weight excluding hydrogens is 232 g/mol. The van der Waals surface area contributed by atoms with E-state index >= 15 is 0 Å². The van der Waals surface area contributed by atoms with Gasteiger partial charge in [0.2, 0.25) is 0 Å². The van der Waals surface area contributed by atoms with Crippen LogP contribution in [0.25, 0.3) is 0 Å². The molecule has 0 unspecified atom stereocenters. The van der Waals surface area contributed by atoms with E-state index in [-0.39, 0.29) is 5.97 Å². The molecule has 5 nitrogen and oxygen atoms in total. The molecule has 0 spiro atoms. The molecule has 2 aromatic rings. The smallest absolute Gasteiger partial charge is 0.354 e. The lowest BCUT2D eigenvalue weighted by molar-refractivity contribution is 0.0589. The van der Waals surface area contributed by atoms with Gasteiger partial charge in [-0.2, -0.15) is 0 Å². The number of carbonyl (C=O) groups excluding carboxylic acids is 1. The molecule has 0 saturated carbocycles. The van der Waals surface area contributed by atoms with Crippen LogP contribution in [0.1, 0.15) is 16.1 Å². The summed E-state index contributed by atoms with van der Waals surface area (Å²) in [6, 6.07) is 5.45. The molecule has 0 aliphatic carbocycles. The van der Waals surface area contributed by atoms with Crippen LogP contribution in [0.2, 0.25) is 0 Å². The van der Waals surface area contributed by atoms with Crippen LogP contribution in [0, 0.1) is 0 Å². The number of aromatic nitrogens is 2. The Hall–Kier alpha value is -2.30. The largest absolute Gasteiger partial charge is 0.495 e. The third kappa shape index (κ3) is 2.51. The van der Waals surface area contributed by atoms with Gasteiger partial charge in [0.05, 0.1) is 14.2 Å². The average Bonchev–Trinajstić information content (AvgIpc) is 2.82. The van der Waals surface area contributed by atoms with Crippen molar-refractivity contribution in [3.63, 3.8) is 0 Å². The zero-order valence-electron chi connectivity index (χ0n) is 10.3. The molecule has 0 aromatic carbocycles. The molecule has 0 aliphatic rings. The fraction of sp³-hybridized carbons (Fsp3) is 0.231. The van der Waals surface area contributed by atoms with Gasteiger partial charge in [-0.1, -0.05) is 0 Å². The van der Waals surface area contributed by atoms with Crippen molar-refractivity contribution < 1.29 is 14.3 Å². The van der Waals surface area contributed by atoms with E-state index in [0.717, 1.165) is 5.56 Å². The predicted octanol–water partition coefficient (Wildman–Crippen LogP) is 1.73. The van der Waals surface area contributed by atoms with Crippen LogP contribution in [0.15, 0.2) is 36.8 Å². The molecular formula is C13H14N2O3. The molecule has 94 valence electrons. The highest BCUT2D eigenvalue weighted by molar-refractivity contribution is 5.88. The minimum Gasteiger partial charge on any atom is -0.495 e. The first-order valence-corrected chi connectivity index (χ1v) is 5.46. The number of esters is 1. The summed E-state index contributed by atoms with van der Waals surface area (Å²) in [5, 5.41) is 0. The van der Waals surface area contributed by atoms with Crippen LogP contribution in [0.4, 0.5) is 0 Å². The summed E-state index contributed by atoms with van der Waals surface area (Å²) in [4.78, 5) is 15.6. The van der Waals surface area contributed by atoms with E-state index in [1.165, 1.54) is 7.11 Å². The fourth-order valence-electron chi connectivity index (χ4n) is 1.69. The first-order chi connectivity index (χ1) is 8.74. The number of nitrogens with zero attached hydrogens (tertiary/aromatic N) is 2. The van der Waals surface area contributed by atoms with Crippen molar-refractivity contribution >= 4 is 5.97 Å². The molecule has 2 aromatic heterocycles. The molecule has 5 heteroatoms. The van der Waals surface area contributed by atoms with Crippen LogP contribution in [-0.4, -0.2) is 29.7 Å². The maximum atomic E-state index is 11.6. The highest BCUT2D eigenvalue weighted by Gasteiger charge is 2.14. The van der Waals surface area contributed by atoms with Gasteiger partial charge in [0.25, 0.3) is 0 Å². The Kier molecular flexibility index (Phi) is 3.62. The average molecular weight is 246 g/mol. The van der Waals surface area contributed by atoms with Gasteiger partial charge in [0.15, 0.2) is 0 Å². The summed E-state index contributed by atoms with van der Waals surface area (Å²) in [6.45, 7) is 0.566. The van der Waals surface area contributed by atoms with Gasteiger partial charge in [-0.05, 0) is 17.7 Å². The molecule has 2 heterocycles. The Morgan fingerprint density at radius 1 is 1.33 bits per heavy atom. The summed E-state index contributed by atoms with van der Waals surface area (Å²) in [7, 11) is 2.92. The highest BCUT2D eigenvalue weighted by atomic mass is 16.5. The van der Waals surface area contributed by atoms with E-state index in [1.807, 2.05) is 12.1 Å². The van der Waals surface area contributed by atoms with Crippen molar-refractivity contribution in [2.24, 2.45) is 0 Å². The van der Waals surface area contributed by atoms with E-state index in [0.29, 0.717) is 18.0 Å². The molecule has 0 radical (unpaired) electrons. The second kappa shape index (κ2) is 5.35. The maximum absolute atomic E-state index is 11.6. The van der Waals surface area contributed by atoms with Crippen LogP contribution < -0.4 is 4.74 Å². The number of hydrogen-bond acceptors (Lipinski definition) is 4. The lowest BCUT2D eigenvalue weighted by atomic mass is 10.2. The first-order valence-electron chi connectivity index (χ1n) is 5.46. The quantitative estimate of drug-likeness (QED) is 0.771. The van der Waals surface area contributed by atoms with Crippen molar-refractivity contribution in [1.82, 2.24) is 9.55 Å². The minimum absolute atomic E-state index is 0.382. The Labute approximate surface area is 105 Å². The number of hydrogen-bond donors (Lipinski definition) is 0. The Morgan fingerprint density at radius 3 is 2.67 bits per heavy atom. The van der Waals surface area contributed by atoms with Gasteiger partial charge in [0, 0.05) is 31.2 Å². The zero-order valence-corrected chi connectivity index (χ0v) is 10.3. The molecule has 0 atom stereocenters. The third-order valence-electron chi connectivity index (χ3n) is 2.60. The van der Waals surface area contributed by atoms with Gasteiger partial charge < -0.3 is 14.0 Å². The van der Waals surface area contributed by atoms with Gasteiger partial charge in [-0.15, -0.1) is 0 Å². The van der Waals surface area contributed by atoms with Crippen LogP contribution in [0.5, 0.6) is 5.75 Å². The van der Waals surface area contributed by atoms with Crippen LogP contribution in [-0.2, 0) is 11.3 Å². The Morgan fingerprint density at radius 2 is 2.06 bits per heavy atom. The lowest BCUT2D eigenvalue weighted by Gasteiger charge is -2.06. The number of carbonyl (C=O) groups is 1. The third-order valence-corrected chi connectivity index (χ3v) is 2.60. The molecule has 0 aliphatic heterocycles. The van der Waals surface area contributed by atoms with Crippen molar-refractivity contribution in [2.45, 2.75) is 6.54 Å². The van der Waals surface area contributed by atoms with Gasteiger partial charge in [-0.25, -0.2) is 4.79 Å². The molecule has 0 N–H and O–H groups in total. The molecule has 18 heavy (non-hydrogen) atoms. The molecule has 0 bridgehead atoms.